The molecule has 3 aromatic carbocycles. The van der Waals surface area contributed by atoms with Gasteiger partial charge in [-0.05, 0) is 23.3 Å². The quantitative estimate of drug-likeness (QED) is 0.324. The number of rotatable bonds is 10. The number of benzene rings is 3. The molecule has 1 aromatic heterocycles. The van der Waals surface area contributed by atoms with Crippen molar-refractivity contribution >= 4 is 17.9 Å². The topological polar surface area (TPSA) is 115 Å². The molecule has 0 spiro atoms. The van der Waals surface area contributed by atoms with Gasteiger partial charge in [0.05, 0.1) is 12.6 Å². The number of nitrogens with one attached hydrogen (secondary N) is 2. The van der Waals surface area contributed by atoms with Crippen LogP contribution in [-0.2, 0) is 16.0 Å². The summed E-state index contributed by atoms with van der Waals surface area (Å²) in [6.07, 6.45) is 3.08. The third-order valence-corrected chi connectivity index (χ3v) is 5.69. The van der Waals surface area contributed by atoms with E-state index in [-0.39, 0.29) is 25.0 Å². The lowest BCUT2D eigenvalue weighted by Gasteiger charge is -2.21. The number of esters is 1. The molecule has 188 valence electrons. The Bertz CT molecular complexity index is 1280. The Kier molecular flexibility index (Phi) is 8.74. The van der Waals surface area contributed by atoms with Gasteiger partial charge in [0.1, 0.15) is 18.7 Å². The van der Waals surface area contributed by atoms with E-state index in [2.05, 4.69) is 20.7 Å². The lowest BCUT2D eigenvalue weighted by Crippen LogP contribution is -2.45. The van der Waals surface area contributed by atoms with Crippen LogP contribution in [0.2, 0.25) is 0 Å². The van der Waals surface area contributed by atoms with Crippen LogP contribution in [0.5, 0.6) is 0 Å². The fourth-order valence-electron chi connectivity index (χ4n) is 3.79. The van der Waals surface area contributed by atoms with Gasteiger partial charge >= 0.3 is 12.0 Å². The monoisotopic (exact) mass is 497 g/mol. The average Bonchev–Trinajstić information content (AvgIpc) is 3.49. The molecule has 9 heteroatoms. The second kappa shape index (κ2) is 12.8. The van der Waals surface area contributed by atoms with Crippen LogP contribution in [0.25, 0.3) is 0 Å². The van der Waals surface area contributed by atoms with E-state index in [1.807, 2.05) is 66.7 Å². The molecule has 1 unspecified atom stereocenters. The first-order valence-corrected chi connectivity index (χ1v) is 11.9. The summed E-state index contributed by atoms with van der Waals surface area (Å²) in [4.78, 5) is 42.1. The summed E-state index contributed by atoms with van der Waals surface area (Å²) in [6.45, 7) is 0.0396. The Morgan fingerprint density at radius 2 is 1.49 bits per heavy atom. The van der Waals surface area contributed by atoms with Gasteiger partial charge < -0.3 is 15.4 Å². The third kappa shape index (κ3) is 7.35. The predicted molar refractivity (Wildman–Crippen MR) is 137 cm³/mol. The maximum absolute atomic E-state index is 13.0. The molecule has 0 aliphatic carbocycles. The van der Waals surface area contributed by atoms with Crippen LogP contribution < -0.4 is 10.6 Å². The molecule has 37 heavy (non-hydrogen) atoms. The number of hydrogen-bond acceptors (Lipinski definition) is 6. The maximum atomic E-state index is 13.0. The van der Waals surface area contributed by atoms with Crippen molar-refractivity contribution in [1.82, 2.24) is 25.4 Å². The van der Waals surface area contributed by atoms with Crippen LogP contribution in [-0.4, -0.2) is 45.3 Å². The zero-order valence-corrected chi connectivity index (χ0v) is 20.1. The summed E-state index contributed by atoms with van der Waals surface area (Å²) in [6, 6.07) is 25.8. The third-order valence-electron chi connectivity index (χ3n) is 5.69. The summed E-state index contributed by atoms with van der Waals surface area (Å²) in [5, 5.41) is 9.50. The highest BCUT2D eigenvalue weighted by molar-refractivity contribution is 5.94. The highest BCUT2D eigenvalue weighted by Crippen LogP contribution is 2.18. The number of amides is 2. The van der Waals surface area contributed by atoms with E-state index in [0.29, 0.717) is 12.0 Å². The Morgan fingerprint density at radius 3 is 2.14 bits per heavy atom. The summed E-state index contributed by atoms with van der Waals surface area (Å²) >= 11 is 0. The predicted octanol–water partition coefficient (Wildman–Crippen LogP) is 3.55. The van der Waals surface area contributed by atoms with Gasteiger partial charge in [0.2, 0.25) is 0 Å². The molecule has 4 rings (SSSR count). The zero-order valence-electron chi connectivity index (χ0n) is 20.1. The van der Waals surface area contributed by atoms with Crippen molar-refractivity contribution in [3.8, 4) is 0 Å². The number of nitrogens with zero attached hydrogens (tertiary/aromatic N) is 3. The molecule has 0 radical (unpaired) electrons. The number of carbonyl (C=O) groups is 3. The maximum Gasteiger partial charge on any atom is 0.344 e. The molecule has 0 aliphatic heterocycles. The molecule has 2 amide bonds. The first-order valence-electron chi connectivity index (χ1n) is 11.9. The number of aromatic nitrogens is 3. The van der Waals surface area contributed by atoms with E-state index in [4.69, 9.17) is 4.74 Å². The number of hydrogen-bond donors (Lipinski definition) is 2. The summed E-state index contributed by atoms with van der Waals surface area (Å²) in [5.74, 6) is -0.804. The molecule has 0 fully saturated rings. The Hall–Kier alpha value is -4.79. The van der Waals surface area contributed by atoms with Crippen molar-refractivity contribution in [2.75, 3.05) is 6.61 Å². The van der Waals surface area contributed by atoms with Gasteiger partial charge in [0.15, 0.2) is 0 Å². The van der Waals surface area contributed by atoms with Crippen LogP contribution >= 0.6 is 0 Å². The van der Waals surface area contributed by atoms with Crippen molar-refractivity contribution in [2.45, 2.75) is 24.9 Å². The highest BCUT2D eigenvalue weighted by atomic mass is 16.5. The SMILES string of the molecule is O=C(NC(CCOC(=O)[C@@H](Cc1ccccc1)NC(=O)n1cncn1)c1ccccc1)c1ccccc1. The van der Waals surface area contributed by atoms with E-state index in [9.17, 15) is 14.4 Å². The van der Waals surface area contributed by atoms with Crippen molar-refractivity contribution in [3.63, 3.8) is 0 Å². The average molecular weight is 498 g/mol. The molecule has 0 bridgehead atoms. The summed E-state index contributed by atoms with van der Waals surface area (Å²) in [7, 11) is 0. The van der Waals surface area contributed by atoms with E-state index in [1.54, 1.807) is 24.3 Å². The van der Waals surface area contributed by atoms with Crippen molar-refractivity contribution in [2.24, 2.45) is 0 Å². The minimum atomic E-state index is -0.937. The molecule has 1 heterocycles. The van der Waals surface area contributed by atoms with Gasteiger partial charge in [-0.1, -0.05) is 78.9 Å². The molecule has 9 nitrogen and oxygen atoms in total. The van der Waals surface area contributed by atoms with Crippen molar-refractivity contribution in [1.29, 1.82) is 0 Å². The molecule has 0 saturated heterocycles. The van der Waals surface area contributed by atoms with Gasteiger partial charge in [-0.15, -0.1) is 0 Å². The molecule has 0 saturated carbocycles. The number of carbonyl (C=O) groups excluding carboxylic acids is 3. The van der Waals surface area contributed by atoms with Crippen LogP contribution in [0, 0.1) is 0 Å². The molecule has 2 atom stereocenters. The van der Waals surface area contributed by atoms with Crippen LogP contribution in [0.15, 0.2) is 104 Å². The normalized spacial score (nSPS) is 12.2. The van der Waals surface area contributed by atoms with E-state index >= 15 is 0 Å². The Labute approximate surface area is 214 Å². The van der Waals surface area contributed by atoms with E-state index < -0.39 is 18.0 Å². The Balaban J connectivity index is 1.41. The summed E-state index contributed by atoms with van der Waals surface area (Å²) in [5.41, 5.74) is 2.29. The second-order valence-corrected chi connectivity index (χ2v) is 8.29. The van der Waals surface area contributed by atoms with E-state index in [0.717, 1.165) is 15.8 Å². The lowest BCUT2D eigenvalue weighted by atomic mass is 10.0. The van der Waals surface area contributed by atoms with Crippen molar-refractivity contribution in [3.05, 3.63) is 120 Å². The lowest BCUT2D eigenvalue weighted by molar-refractivity contribution is -0.146. The van der Waals surface area contributed by atoms with Gasteiger partial charge in [0, 0.05) is 18.4 Å². The van der Waals surface area contributed by atoms with Gasteiger partial charge in [-0.25, -0.2) is 14.6 Å². The van der Waals surface area contributed by atoms with Crippen LogP contribution in [0.1, 0.15) is 33.9 Å². The van der Waals surface area contributed by atoms with Gasteiger partial charge in [-0.2, -0.15) is 9.78 Å². The summed E-state index contributed by atoms with van der Waals surface area (Å²) < 4.78 is 6.59. The fourth-order valence-corrected chi connectivity index (χ4v) is 3.79. The number of ether oxygens (including phenoxy) is 1. The van der Waals surface area contributed by atoms with Crippen LogP contribution in [0.3, 0.4) is 0 Å². The standard InChI is InChI=1S/C28H27N5O4/c34-26(23-14-8-3-9-15-23)31-24(22-12-6-2-7-13-22)16-17-37-27(35)25(18-21-10-4-1-5-11-21)32-28(36)33-20-29-19-30-33/h1-15,19-20,24-25H,16-18H2,(H,31,34)(H,32,36)/t24?,25-/m1/s1. The highest BCUT2D eigenvalue weighted by Gasteiger charge is 2.25. The fraction of sp³-hybridized carbons (Fsp3) is 0.179. The van der Waals surface area contributed by atoms with Gasteiger partial charge in [-0.3, -0.25) is 4.79 Å². The van der Waals surface area contributed by atoms with E-state index in [1.165, 1.54) is 12.7 Å². The molecular formula is C28H27N5O4. The largest absolute Gasteiger partial charge is 0.464 e. The first kappa shape index (κ1) is 25.3. The first-order chi connectivity index (χ1) is 18.1. The molecule has 0 aliphatic rings. The van der Waals surface area contributed by atoms with Gasteiger partial charge in [0.25, 0.3) is 5.91 Å². The molecule has 2 N–H and O–H groups in total. The molecule has 4 aromatic rings. The minimum Gasteiger partial charge on any atom is -0.464 e. The minimum absolute atomic E-state index is 0.0396. The Morgan fingerprint density at radius 1 is 0.838 bits per heavy atom. The smallest absolute Gasteiger partial charge is 0.344 e. The van der Waals surface area contributed by atoms with Crippen LogP contribution in [0.4, 0.5) is 4.79 Å². The van der Waals surface area contributed by atoms with Crippen molar-refractivity contribution < 1.29 is 19.1 Å². The molecular weight excluding hydrogens is 470 g/mol. The zero-order chi connectivity index (χ0) is 25.9. The second-order valence-electron chi connectivity index (χ2n) is 8.29.